The molecule has 3 N–H and O–H groups in total. The summed E-state index contributed by atoms with van der Waals surface area (Å²) in [5.74, 6) is -2.40. The Balaban J connectivity index is 2.40. The van der Waals surface area contributed by atoms with Crippen molar-refractivity contribution in [2.24, 2.45) is 0 Å². The molecule has 5 heteroatoms. The number of benzene rings is 2. The SMILES string of the molecule is Cc1cc(C)c(NC(=O)c2cc(F)cc(N)c2F)c(C)c1. The Morgan fingerprint density at radius 1 is 1.05 bits per heavy atom. The van der Waals surface area contributed by atoms with Gasteiger partial charge in [-0.05, 0) is 44.0 Å². The van der Waals surface area contributed by atoms with Gasteiger partial charge in [-0.1, -0.05) is 17.7 Å². The van der Waals surface area contributed by atoms with Gasteiger partial charge in [0.05, 0.1) is 11.3 Å². The summed E-state index contributed by atoms with van der Waals surface area (Å²) in [6, 6.07) is 5.48. The second-order valence-corrected chi connectivity index (χ2v) is 5.08. The summed E-state index contributed by atoms with van der Waals surface area (Å²) < 4.78 is 27.1. The molecule has 21 heavy (non-hydrogen) atoms. The minimum absolute atomic E-state index is 0.391. The lowest BCUT2D eigenvalue weighted by Crippen LogP contribution is -2.16. The van der Waals surface area contributed by atoms with E-state index in [1.165, 1.54) is 0 Å². The van der Waals surface area contributed by atoms with E-state index in [9.17, 15) is 13.6 Å². The highest BCUT2D eigenvalue weighted by molar-refractivity contribution is 6.05. The van der Waals surface area contributed by atoms with E-state index in [1.807, 2.05) is 32.9 Å². The number of amides is 1. The van der Waals surface area contributed by atoms with Gasteiger partial charge in [0, 0.05) is 5.69 Å². The van der Waals surface area contributed by atoms with Crippen LogP contribution in [-0.4, -0.2) is 5.91 Å². The number of anilines is 2. The van der Waals surface area contributed by atoms with Crippen molar-refractivity contribution in [1.29, 1.82) is 0 Å². The van der Waals surface area contributed by atoms with Crippen molar-refractivity contribution in [1.82, 2.24) is 0 Å². The number of hydrogen-bond acceptors (Lipinski definition) is 2. The van der Waals surface area contributed by atoms with Gasteiger partial charge in [-0.2, -0.15) is 0 Å². The van der Waals surface area contributed by atoms with Crippen LogP contribution in [0.4, 0.5) is 20.2 Å². The number of carbonyl (C=O) groups is 1. The van der Waals surface area contributed by atoms with E-state index in [0.717, 1.165) is 28.8 Å². The number of rotatable bonds is 2. The van der Waals surface area contributed by atoms with Crippen LogP contribution in [-0.2, 0) is 0 Å². The zero-order chi connectivity index (χ0) is 15.7. The topological polar surface area (TPSA) is 55.1 Å². The fourth-order valence-corrected chi connectivity index (χ4v) is 2.33. The third kappa shape index (κ3) is 3.02. The Labute approximate surface area is 121 Å². The van der Waals surface area contributed by atoms with Crippen LogP contribution in [0.5, 0.6) is 0 Å². The summed E-state index contributed by atoms with van der Waals surface area (Å²) in [7, 11) is 0. The third-order valence-corrected chi connectivity index (χ3v) is 3.23. The van der Waals surface area contributed by atoms with Crippen molar-refractivity contribution in [3.05, 3.63) is 58.2 Å². The van der Waals surface area contributed by atoms with E-state index in [4.69, 9.17) is 5.73 Å². The molecule has 0 aliphatic carbocycles. The number of carbonyl (C=O) groups excluding carboxylic acids is 1. The van der Waals surface area contributed by atoms with Crippen molar-refractivity contribution in [3.8, 4) is 0 Å². The first-order valence-electron chi connectivity index (χ1n) is 6.43. The van der Waals surface area contributed by atoms with Crippen LogP contribution in [0.3, 0.4) is 0 Å². The molecule has 0 fully saturated rings. The third-order valence-electron chi connectivity index (χ3n) is 3.23. The van der Waals surface area contributed by atoms with Crippen molar-refractivity contribution in [3.63, 3.8) is 0 Å². The minimum Gasteiger partial charge on any atom is -0.396 e. The highest BCUT2D eigenvalue weighted by Crippen LogP contribution is 2.24. The maximum absolute atomic E-state index is 13.8. The predicted octanol–water partition coefficient (Wildman–Crippen LogP) is 3.72. The summed E-state index contributed by atoms with van der Waals surface area (Å²) in [5, 5.41) is 2.62. The van der Waals surface area contributed by atoms with E-state index in [-0.39, 0.29) is 0 Å². The molecule has 0 unspecified atom stereocenters. The van der Waals surface area contributed by atoms with Crippen LogP contribution < -0.4 is 11.1 Å². The zero-order valence-corrected chi connectivity index (χ0v) is 12.1. The standard InChI is InChI=1S/C16H16F2N2O/c1-8-4-9(2)15(10(3)5-8)20-16(21)12-6-11(17)7-13(19)14(12)18/h4-7H,19H2,1-3H3,(H,20,21). The molecular weight excluding hydrogens is 274 g/mol. The summed E-state index contributed by atoms with van der Waals surface area (Å²) in [5.41, 5.74) is 7.89. The van der Waals surface area contributed by atoms with E-state index < -0.39 is 28.8 Å². The molecule has 0 aromatic heterocycles. The first-order valence-corrected chi connectivity index (χ1v) is 6.43. The van der Waals surface area contributed by atoms with Gasteiger partial charge >= 0.3 is 0 Å². The maximum atomic E-state index is 13.8. The van der Waals surface area contributed by atoms with Crippen LogP contribution in [0.25, 0.3) is 0 Å². The van der Waals surface area contributed by atoms with Crippen LogP contribution in [0.15, 0.2) is 24.3 Å². The van der Waals surface area contributed by atoms with Gasteiger partial charge in [-0.25, -0.2) is 8.78 Å². The second-order valence-electron chi connectivity index (χ2n) is 5.08. The summed E-state index contributed by atoms with van der Waals surface area (Å²) in [6.45, 7) is 5.62. The maximum Gasteiger partial charge on any atom is 0.258 e. The number of hydrogen-bond donors (Lipinski definition) is 2. The molecule has 0 spiro atoms. The first-order chi connectivity index (χ1) is 9.79. The quantitative estimate of drug-likeness (QED) is 0.828. The van der Waals surface area contributed by atoms with Crippen molar-refractivity contribution in [2.75, 3.05) is 11.1 Å². The lowest BCUT2D eigenvalue weighted by atomic mass is 10.0. The van der Waals surface area contributed by atoms with E-state index in [2.05, 4.69) is 5.32 Å². The second kappa shape index (κ2) is 5.52. The smallest absolute Gasteiger partial charge is 0.258 e. The molecule has 2 aromatic rings. The Bertz CT molecular complexity index is 703. The molecule has 2 rings (SSSR count). The molecule has 0 saturated carbocycles. The monoisotopic (exact) mass is 290 g/mol. The fourth-order valence-electron chi connectivity index (χ4n) is 2.33. The van der Waals surface area contributed by atoms with Crippen LogP contribution in [0, 0.1) is 32.4 Å². The highest BCUT2D eigenvalue weighted by atomic mass is 19.1. The summed E-state index contributed by atoms with van der Waals surface area (Å²) in [6.07, 6.45) is 0. The van der Waals surface area contributed by atoms with E-state index in [0.29, 0.717) is 5.69 Å². The molecule has 0 atom stereocenters. The van der Waals surface area contributed by atoms with Gasteiger partial charge in [0.15, 0.2) is 5.82 Å². The van der Waals surface area contributed by atoms with Gasteiger partial charge in [-0.3, -0.25) is 4.79 Å². The van der Waals surface area contributed by atoms with Crippen molar-refractivity contribution in [2.45, 2.75) is 20.8 Å². The largest absolute Gasteiger partial charge is 0.396 e. The lowest BCUT2D eigenvalue weighted by Gasteiger charge is -2.13. The predicted molar refractivity (Wildman–Crippen MR) is 79.4 cm³/mol. The molecule has 1 amide bonds. The summed E-state index contributed by atoms with van der Waals surface area (Å²) >= 11 is 0. The van der Waals surface area contributed by atoms with Gasteiger partial charge < -0.3 is 11.1 Å². The Kier molecular flexibility index (Phi) is 3.93. The number of aryl methyl sites for hydroxylation is 3. The zero-order valence-electron chi connectivity index (χ0n) is 12.1. The van der Waals surface area contributed by atoms with Crippen LogP contribution >= 0.6 is 0 Å². The molecule has 0 saturated heterocycles. The molecule has 0 heterocycles. The van der Waals surface area contributed by atoms with Gasteiger partial charge in [0.25, 0.3) is 5.91 Å². The van der Waals surface area contributed by atoms with Gasteiger partial charge in [0.1, 0.15) is 5.82 Å². The van der Waals surface area contributed by atoms with Gasteiger partial charge in [-0.15, -0.1) is 0 Å². The van der Waals surface area contributed by atoms with E-state index in [1.54, 1.807) is 0 Å². The molecule has 0 bridgehead atoms. The molecular formula is C16H16F2N2O. The Morgan fingerprint density at radius 2 is 1.62 bits per heavy atom. The molecule has 0 radical (unpaired) electrons. The number of nitrogens with one attached hydrogen (secondary N) is 1. The normalized spacial score (nSPS) is 10.5. The van der Waals surface area contributed by atoms with E-state index >= 15 is 0 Å². The minimum atomic E-state index is -0.920. The fraction of sp³-hybridized carbons (Fsp3) is 0.188. The number of halogens is 2. The molecule has 0 aliphatic heterocycles. The lowest BCUT2D eigenvalue weighted by molar-refractivity contribution is 0.102. The molecule has 3 nitrogen and oxygen atoms in total. The van der Waals surface area contributed by atoms with Crippen molar-refractivity contribution >= 4 is 17.3 Å². The highest BCUT2D eigenvalue weighted by Gasteiger charge is 2.17. The van der Waals surface area contributed by atoms with Gasteiger partial charge in [0.2, 0.25) is 0 Å². The van der Waals surface area contributed by atoms with Crippen LogP contribution in [0.1, 0.15) is 27.0 Å². The average molecular weight is 290 g/mol. The summed E-state index contributed by atoms with van der Waals surface area (Å²) in [4.78, 5) is 12.2. The molecule has 2 aromatic carbocycles. The number of nitrogen functional groups attached to an aromatic ring is 1. The molecule has 0 aliphatic rings. The average Bonchev–Trinajstić information content (AvgIpc) is 2.37. The van der Waals surface area contributed by atoms with Crippen LogP contribution in [0.2, 0.25) is 0 Å². The first kappa shape index (κ1) is 15.0. The Hall–Kier alpha value is -2.43. The molecule has 110 valence electrons. The number of nitrogens with two attached hydrogens (primary N) is 1. The Morgan fingerprint density at radius 3 is 2.19 bits per heavy atom. The van der Waals surface area contributed by atoms with Crippen molar-refractivity contribution < 1.29 is 13.6 Å².